The third kappa shape index (κ3) is 6.10. The molecule has 0 aromatic heterocycles. The quantitative estimate of drug-likeness (QED) is 0.309. The normalized spacial score (nSPS) is 39.4. The van der Waals surface area contributed by atoms with Crippen LogP contribution in [0.25, 0.3) is 0 Å². The van der Waals surface area contributed by atoms with Crippen LogP contribution >= 0.6 is 0 Å². The highest BCUT2D eigenvalue weighted by atomic mass is 16.9. The highest BCUT2D eigenvalue weighted by Gasteiger charge is 2.71. The predicted molar refractivity (Wildman–Crippen MR) is 128 cm³/mol. The van der Waals surface area contributed by atoms with E-state index in [0.29, 0.717) is 0 Å². The van der Waals surface area contributed by atoms with E-state index in [9.17, 15) is 19.2 Å². The molecular weight excluding hydrogens is 538 g/mol. The molecule has 4 rings (SSSR count). The van der Waals surface area contributed by atoms with Crippen molar-refractivity contribution in [1.82, 2.24) is 5.32 Å². The summed E-state index contributed by atoms with van der Waals surface area (Å²) in [5.74, 6) is -7.04. The van der Waals surface area contributed by atoms with E-state index in [4.69, 9.17) is 47.4 Å². The molecule has 4 heterocycles. The zero-order chi connectivity index (χ0) is 29.6. The zero-order valence-electron chi connectivity index (χ0n) is 23.7. The third-order valence-corrected chi connectivity index (χ3v) is 6.74. The maximum Gasteiger partial charge on any atom is 0.303 e. The Kier molecular flexibility index (Phi) is 8.49. The first kappa shape index (κ1) is 30.6. The minimum absolute atomic E-state index is 0.117. The molecular formula is C25H37NO14. The van der Waals surface area contributed by atoms with Gasteiger partial charge in [0.1, 0.15) is 31.0 Å². The number of amides is 1. The molecule has 4 aliphatic rings. The topological polar surface area (TPSA) is 173 Å². The Labute approximate surface area is 231 Å². The van der Waals surface area contributed by atoms with E-state index in [1.54, 1.807) is 27.7 Å². The van der Waals surface area contributed by atoms with Gasteiger partial charge in [-0.3, -0.25) is 19.2 Å². The molecule has 0 bridgehead atoms. The lowest BCUT2D eigenvalue weighted by Crippen LogP contribution is -2.69. The van der Waals surface area contributed by atoms with Gasteiger partial charge in [0.05, 0.1) is 6.61 Å². The number of esters is 3. The third-order valence-electron chi connectivity index (χ3n) is 6.74. The van der Waals surface area contributed by atoms with Crippen LogP contribution < -0.4 is 5.32 Å². The van der Waals surface area contributed by atoms with Gasteiger partial charge in [0.2, 0.25) is 0 Å². The molecule has 0 radical (unpaired) electrons. The van der Waals surface area contributed by atoms with Gasteiger partial charge in [0.25, 0.3) is 11.7 Å². The first-order valence-electron chi connectivity index (χ1n) is 12.9. The van der Waals surface area contributed by atoms with E-state index >= 15 is 0 Å². The fourth-order valence-electron chi connectivity index (χ4n) is 5.34. The van der Waals surface area contributed by atoms with Gasteiger partial charge >= 0.3 is 17.9 Å². The summed E-state index contributed by atoms with van der Waals surface area (Å²) in [6.45, 7) is 9.99. The number of fused-ring (bicyclic) bond motifs is 3. The highest BCUT2D eigenvalue weighted by Crippen LogP contribution is 2.49. The molecule has 0 aromatic rings. The molecule has 0 saturated carbocycles. The zero-order valence-corrected chi connectivity index (χ0v) is 23.7. The summed E-state index contributed by atoms with van der Waals surface area (Å²) in [5, 5.41) is 2.74. The van der Waals surface area contributed by atoms with Crippen LogP contribution in [0, 0.1) is 0 Å². The number of methoxy groups -OCH3 is 1. The molecule has 4 fully saturated rings. The van der Waals surface area contributed by atoms with E-state index in [0.717, 1.165) is 13.8 Å². The van der Waals surface area contributed by atoms with Gasteiger partial charge in [-0.15, -0.1) is 0 Å². The summed E-state index contributed by atoms with van der Waals surface area (Å²) in [6.07, 6.45) is -7.33. The van der Waals surface area contributed by atoms with Crippen molar-refractivity contribution in [1.29, 1.82) is 0 Å². The summed E-state index contributed by atoms with van der Waals surface area (Å²) in [6, 6.07) is -1.23. The number of hydrogen-bond acceptors (Lipinski definition) is 14. The Morgan fingerprint density at radius 1 is 0.875 bits per heavy atom. The first-order chi connectivity index (χ1) is 18.6. The Morgan fingerprint density at radius 3 is 2.12 bits per heavy atom. The van der Waals surface area contributed by atoms with Crippen LogP contribution in [-0.2, 0) is 66.5 Å². The molecule has 0 spiro atoms. The molecule has 0 unspecified atom stereocenters. The van der Waals surface area contributed by atoms with Crippen molar-refractivity contribution in [2.45, 2.75) is 115 Å². The molecule has 4 aliphatic heterocycles. The summed E-state index contributed by atoms with van der Waals surface area (Å²) >= 11 is 0. The van der Waals surface area contributed by atoms with Crippen LogP contribution in [0.5, 0.6) is 0 Å². The molecule has 1 amide bonds. The van der Waals surface area contributed by atoms with E-state index in [1.807, 2.05) is 0 Å². The van der Waals surface area contributed by atoms with Gasteiger partial charge in [-0.2, -0.15) is 0 Å². The minimum atomic E-state index is -1.98. The second kappa shape index (κ2) is 11.1. The van der Waals surface area contributed by atoms with Gasteiger partial charge in [-0.1, -0.05) is 0 Å². The molecule has 40 heavy (non-hydrogen) atoms. The molecule has 15 nitrogen and oxygen atoms in total. The summed E-state index contributed by atoms with van der Waals surface area (Å²) in [7, 11) is 1.30. The first-order valence-corrected chi connectivity index (χ1v) is 12.9. The van der Waals surface area contributed by atoms with Crippen LogP contribution in [0.2, 0.25) is 0 Å². The Morgan fingerprint density at radius 2 is 1.52 bits per heavy atom. The predicted octanol–water partition coefficient (Wildman–Crippen LogP) is -0.333. The van der Waals surface area contributed by atoms with Crippen LogP contribution in [0.15, 0.2) is 0 Å². The molecule has 226 valence electrons. The fourth-order valence-corrected chi connectivity index (χ4v) is 5.34. The standard InChI is InChI=1S/C25H37NO14/c1-11(27)32-9-14-17(34-12(2)28)19(35-13(3)29)16(21(31-8)36-14)26-22(30)25-20(39-24(6,7)40-25)18-15(37-25)10-33-23(4,5)38-18/h14-21H,9-10H2,1-8H3,(H,26,30)/t14-,15+,16-,17-,18-,19-,20+,21-,25-/m1/s1. The van der Waals surface area contributed by atoms with E-state index in [2.05, 4.69) is 5.32 Å². The molecule has 9 atom stereocenters. The van der Waals surface area contributed by atoms with Gasteiger partial charge in [0, 0.05) is 27.9 Å². The van der Waals surface area contributed by atoms with Gasteiger partial charge in [-0.05, 0) is 27.7 Å². The Bertz CT molecular complexity index is 1020. The monoisotopic (exact) mass is 575 g/mol. The molecule has 1 N–H and O–H groups in total. The average molecular weight is 576 g/mol. The minimum Gasteiger partial charge on any atom is -0.463 e. The lowest BCUT2D eigenvalue weighted by Gasteiger charge is -2.45. The largest absolute Gasteiger partial charge is 0.463 e. The van der Waals surface area contributed by atoms with Crippen molar-refractivity contribution in [3.8, 4) is 0 Å². The summed E-state index contributed by atoms with van der Waals surface area (Å²) < 4.78 is 57.5. The number of hydrogen-bond donors (Lipinski definition) is 1. The van der Waals surface area contributed by atoms with Crippen molar-refractivity contribution in [2.75, 3.05) is 20.3 Å². The maximum atomic E-state index is 14.1. The van der Waals surface area contributed by atoms with Crippen molar-refractivity contribution >= 4 is 23.8 Å². The van der Waals surface area contributed by atoms with E-state index < -0.39 is 90.1 Å². The van der Waals surface area contributed by atoms with Crippen molar-refractivity contribution in [3.05, 3.63) is 0 Å². The van der Waals surface area contributed by atoms with Crippen LogP contribution in [0.1, 0.15) is 48.5 Å². The number of ether oxygens (including phenoxy) is 10. The van der Waals surface area contributed by atoms with E-state index in [1.165, 1.54) is 14.0 Å². The number of carbonyl (C=O) groups is 4. The average Bonchev–Trinajstić information content (AvgIpc) is 3.27. The maximum absolute atomic E-state index is 14.1. The smallest absolute Gasteiger partial charge is 0.303 e. The van der Waals surface area contributed by atoms with Crippen LogP contribution in [0.4, 0.5) is 0 Å². The molecule has 0 aliphatic carbocycles. The van der Waals surface area contributed by atoms with Crippen LogP contribution in [-0.4, -0.2) is 110 Å². The van der Waals surface area contributed by atoms with E-state index in [-0.39, 0.29) is 13.2 Å². The van der Waals surface area contributed by atoms with Gasteiger partial charge < -0.3 is 52.7 Å². The second-order valence-electron chi connectivity index (χ2n) is 10.9. The molecule has 4 saturated heterocycles. The number of rotatable bonds is 7. The van der Waals surface area contributed by atoms with Gasteiger partial charge in [0.15, 0.2) is 36.2 Å². The summed E-state index contributed by atoms with van der Waals surface area (Å²) in [5.41, 5.74) is 0. The molecule has 15 heteroatoms. The van der Waals surface area contributed by atoms with Gasteiger partial charge in [-0.25, -0.2) is 0 Å². The summed E-state index contributed by atoms with van der Waals surface area (Å²) in [4.78, 5) is 49.7. The Hall–Kier alpha value is -2.40. The fraction of sp³-hybridized carbons (Fsp3) is 0.840. The lowest BCUT2D eigenvalue weighted by atomic mass is 9.95. The van der Waals surface area contributed by atoms with Crippen molar-refractivity contribution < 1.29 is 66.5 Å². The lowest BCUT2D eigenvalue weighted by molar-refractivity contribution is -0.325. The molecule has 0 aromatic carbocycles. The Balaban J connectivity index is 1.66. The SMILES string of the molecule is CO[C@@H]1O[C@H](COC(C)=O)[C@@H](OC(C)=O)[C@H](OC(C)=O)[C@H]1NC(=O)[C@@]12O[C@H]3COC(C)(C)O[C@H]3[C@@H]1OC(C)(C)O2. The van der Waals surface area contributed by atoms with Crippen molar-refractivity contribution in [3.63, 3.8) is 0 Å². The number of nitrogens with one attached hydrogen (secondary N) is 1. The number of carbonyl (C=O) groups excluding carboxylic acids is 4. The van der Waals surface area contributed by atoms with Crippen molar-refractivity contribution in [2.24, 2.45) is 0 Å². The highest BCUT2D eigenvalue weighted by molar-refractivity contribution is 5.86. The van der Waals surface area contributed by atoms with Crippen LogP contribution in [0.3, 0.4) is 0 Å². The second-order valence-corrected chi connectivity index (χ2v) is 10.9.